The molecule has 1 aromatic heterocycles. The van der Waals surface area contributed by atoms with Gasteiger partial charge in [-0.3, -0.25) is 9.59 Å². The van der Waals surface area contributed by atoms with Crippen LogP contribution in [0.2, 0.25) is 0 Å². The first kappa shape index (κ1) is 21.7. The first-order chi connectivity index (χ1) is 15.0. The van der Waals surface area contributed by atoms with Crippen LogP contribution in [-0.4, -0.2) is 18.4 Å². The van der Waals surface area contributed by atoms with Crippen molar-refractivity contribution in [3.63, 3.8) is 0 Å². The molecular formula is C24H23N3O4. The molecule has 0 atom stereocenters. The second kappa shape index (κ2) is 10.1. The zero-order chi connectivity index (χ0) is 22.2. The third-order valence-corrected chi connectivity index (χ3v) is 4.34. The van der Waals surface area contributed by atoms with Crippen molar-refractivity contribution in [2.45, 2.75) is 20.5 Å². The van der Waals surface area contributed by atoms with Crippen LogP contribution < -0.4 is 15.4 Å². The number of hydrogen-bond acceptors (Lipinski definition) is 5. The smallest absolute Gasteiger partial charge is 0.291 e. The van der Waals surface area contributed by atoms with E-state index in [1.165, 1.54) is 0 Å². The number of rotatable bonds is 8. The molecule has 0 spiro atoms. The number of amides is 2. The summed E-state index contributed by atoms with van der Waals surface area (Å²) in [7, 11) is 0. The molecule has 0 aliphatic rings. The minimum Gasteiger partial charge on any atom is -0.486 e. The van der Waals surface area contributed by atoms with Gasteiger partial charge in [-0.05, 0) is 54.4 Å². The van der Waals surface area contributed by atoms with Gasteiger partial charge >= 0.3 is 0 Å². The summed E-state index contributed by atoms with van der Waals surface area (Å²) in [6.07, 6.45) is 0. The molecule has 0 radical (unpaired) electrons. The van der Waals surface area contributed by atoms with Crippen molar-refractivity contribution < 1.29 is 18.7 Å². The zero-order valence-corrected chi connectivity index (χ0v) is 17.3. The maximum atomic E-state index is 12.6. The Balaban J connectivity index is 1.62. The lowest BCUT2D eigenvalue weighted by atomic mass is 10.1. The molecule has 0 fully saturated rings. The van der Waals surface area contributed by atoms with Gasteiger partial charge in [0.2, 0.25) is 0 Å². The Hall–Kier alpha value is -4.05. The van der Waals surface area contributed by atoms with E-state index in [0.29, 0.717) is 40.8 Å². The lowest BCUT2D eigenvalue weighted by Gasteiger charge is -2.12. The largest absolute Gasteiger partial charge is 0.486 e. The molecule has 7 heteroatoms. The number of nitrogens with zero attached hydrogens (tertiary/aromatic N) is 1. The van der Waals surface area contributed by atoms with Crippen LogP contribution in [0.15, 0.2) is 65.1 Å². The Kier molecular flexibility index (Phi) is 7.07. The minimum atomic E-state index is -0.464. The van der Waals surface area contributed by atoms with Crippen LogP contribution >= 0.6 is 0 Å². The summed E-state index contributed by atoms with van der Waals surface area (Å²) in [5.41, 5.74) is 1.33. The summed E-state index contributed by atoms with van der Waals surface area (Å²) < 4.78 is 11.2. The van der Waals surface area contributed by atoms with E-state index in [0.717, 1.165) is 0 Å². The molecule has 158 valence electrons. The van der Waals surface area contributed by atoms with Gasteiger partial charge in [0, 0.05) is 6.54 Å². The Morgan fingerprint density at radius 1 is 1.03 bits per heavy atom. The Morgan fingerprint density at radius 3 is 2.48 bits per heavy atom. The zero-order valence-electron chi connectivity index (χ0n) is 17.3. The van der Waals surface area contributed by atoms with E-state index >= 15 is 0 Å². The summed E-state index contributed by atoms with van der Waals surface area (Å²) >= 11 is 0. The molecule has 1 heterocycles. The number of anilines is 1. The molecule has 0 unspecified atom stereocenters. The number of furan rings is 1. The fraction of sp³-hybridized carbons (Fsp3) is 0.208. The van der Waals surface area contributed by atoms with E-state index in [9.17, 15) is 9.59 Å². The molecule has 0 saturated heterocycles. The van der Waals surface area contributed by atoms with E-state index in [4.69, 9.17) is 14.4 Å². The highest BCUT2D eigenvalue weighted by Crippen LogP contribution is 2.19. The topological polar surface area (TPSA) is 104 Å². The Bertz CT molecular complexity index is 1090. The summed E-state index contributed by atoms with van der Waals surface area (Å²) in [4.78, 5) is 25.0. The van der Waals surface area contributed by atoms with Crippen molar-refractivity contribution in [1.29, 1.82) is 5.26 Å². The van der Waals surface area contributed by atoms with Crippen LogP contribution in [0, 0.1) is 17.2 Å². The SMILES string of the molecule is CC(C)CNC(=O)c1ccccc1NC(=O)c1ccc(COc2ccc(C#N)cc2)o1. The highest BCUT2D eigenvalue weighted by Gasteiger charge is 2.16. The normalized spacial score (nSPS) is 10.4. The van der Waals surface area contributed by atoms with E-state index in [1.807, 2.05) is 19.9 Å². The summed E-state index contributed by atoms with van der Waals surface area (Å²) in [5.74, 6) is 0.768. The molecule has 0 aliphatic carbocycles. The third kappa shape index (κ3) is 5.97. The van der Waals surface area contributed by atoms with Crippen LogP contribution in [0.5, 0.6) is 5.75 Å². The van der Waals surface area contributed by atoms with Gasteiger partial charge < -0.3 is 19.8 Å². The second-order valence-corrected chi connectivity index (χ2v) is 7.29. The molecule has 7 nitrogen and oxygen atoms in total. The number of carbonyl (C=O) groups is 2. The molecule has 31 heavy (non-hydrogen) atoms. The molecule has 2 N–H and O–H groups in total. The maximum Gasteiger partial charge on any atom is 0.291 e. The van der Waals surface area contributed by atoms with E-state index < -0.39 is 5.91 Å². The second-order valence-electron chi connectivity index (χ2n) is 7.29. The number of para-hydroxylation sites is 1. The number of ether oxygens (including phenoxy) is 1. The van der Waals surface area contributed by atoms with Crippen molar-refractivity contribution in [3.05, 3.63) is 83.3 Å². The van der Waals surface area contributed by atoms with Crippen LogP contribution in [0.25, 0.3) is 0 Å². The van der Waals surface area contributed by atoms with Crippen molar-refractivity contribution in [3.8, 4) is 11.8 Å². The molecule has 2 amide bonds. The van der Waals surface area contributed by atoms with E-state index in [2.05, 4.69) is 10.6 Å². The molecule has 0 aliphatic heterocycles. The predicted molar refractivity (Wildman–Crippen MR) is 116 cm³/mol. The average molecular weight is 417 g/mol. The number of carbonyl (C=O) groups excluding carboxylic acids is 2. The summed E-state index contributed by atoms with van der Waals surface area (Å²) in [5, 5.41) is 14.4. The monoisotopic (exact) mass is 417 g/mol. The lowest BCUT2D eigenvalue weighted by molar-refractivity contribution is 0.0950. The van der Waals surface area contributed by atoms with Crippen LogP contribution in [-0.2, 0) is 6.61 Å². The maximum absolute atomic E-state index is 12.6. The standard InChI is InChI=1S/C24H23N3O4/c1-16(2)14-26-23(28)20-5-3-4-6-21(20)27-24(29)22-12-11-19(31-22)15-30-18-9-7-17(13-25)8-10-18/h3-12,16H,14-15H2,1-2H3,(H,26,28)(H,27,29). The highest BCUT2D eigenvalue weighted by atomic mass is 16.5. The average Bonchev–Trinajstić information content (AvgIpc) is 3.26. The lowest BCUT2D eigenvalue weighted by Crippen LogP contribution is -2.28. The van der Waals surface area contributed by atoms with Gasteiger partial charge in [0.15, 0.2) is 5.76 Å². The molecule has 3 rings (SSSR count). The summed E-state index contributed by atoms with van der Waals surface area (Å²) in [6.45, 7) is 4.69. The van der Waals surface area contributed by atoms with Gasteiger partial charge in [0.25, 0.3) is 11.8 Å². The summed E-state index contributed by atoms with van der Waals surface area (Å²) in [6, 6.07) is 18.8. The minimum absolute atomic E-state index is 0.107. The Labute approximate surface area is 180 Å². The number of hydrogen-bond donors (Lipinski definition) is 2. The van der Waals surface area contributed by atoms with Crippen molar-refractivity contribution in [2.24, 2.45) is 5.92 Å². The predicted octanol–water partition coefficient (Wildman–Crippen LogP) is 4.37. The Morgan fingerprint density at radius 2 is 1.77 bits per heavy atom. The fourth-order valence-corrected chi connectivity index (χ4v) is 2.72. The van der Waals surface area contributed by atoms with E-state index in [-0.39, 0.29) is 18.3 Å². The molecule has 0 saturated carbocycles. The number of nitrogens with one attached hydrogen (secondary N) is 2. The fourth-order valence-electron chi connectivity index (χ4n) is 2.72. The van der Waals surface area contributed by atoms with Gasteiger partial charge in [0.05, 0.1) is 22.9 Å². The van der Waals surface area contributed by atoms with Crippen molar-refractivity contribution in [2.75, 3.05) is 11.9 Å². The first-order valence-electron chi connectivity index (χ1n) is 9.86. The van der Waals surface area contributed by atoms with Crippen molar-refractivity contribution in [1.82, 2.24) is 5.32 Å². The highest BCUT2D eigenvalue weighted by molar-refractivity contribution is 6.07. The van der Waals surface area contributed by atoms with Gasteiger partial charge in [-0.15, -0.1) is 0 Å². The van der Waals surface area contributed by atoms with Crippen LogP contribution in [0.3, 0.4) is 0 Å². The molecular weight excluding hydrogens is 394 g/mol. The molecule has 0 bridgehead atoms. The van der Waals surface area contributed by atoms with Gasteiger partial charge in [-0.2, -0.15) is 5.26 Å². The van der Waals surface area contributed by atoms with Crippen molar-refractivity contribution >= 4 is 17.5 Å². The first-order valence-corrected chi connectivity index (χ1v) is 9.86. The number of benzene rings is 2. The third-order valence-electron chi connectivity index (χ3n) is 4.34. The van der Waals surface area contributed by atoms with Gasteiger partial charge in [-0.25, -0.2) is 0 Å². The van der Waals surface area contributed by atoms with Crippen LogP contribution in [0.4, 0.5) is 5.69 Å². The number of nitriles is 1. The van der Waals surface area contributed by atoms with Gasteiger partial charge in [-0.1, -0.05) is 26.0 Å². The molecule has 2 aromatic carbocycles. The van der Waals surface area contributed by atoms with E-state index in [1.54, 1.807) is 60.7 Å². The quantitative estimate of drug-likeness (QED) is 0.566. The van der Waals surface area contributed by atoms with Gasteiger partial charge in [0.1, 0.15) is 18.1 Å². The molecule has 3 aromatic rings. The van der Waals surface area contributed by atoms with Crippen LogP contribution in [0.1, 0.15) is 46.1 Å².